The SMILES string of the molecule is CSCCC(NC(=O)c1ccc(Cl)cc1Cl)C(=O)N(C)Cc1cccc(Cl)c1. The number of amides is 2. The number of likely N-dealkylation sites (N-methyl/N-ethyl adjacent to an activating group) is 1. The van der Waals surface area contributed by atoms with Crippen LogP contribution in [0, 0.1) is 0 Å². The topological polar surface area (TPSA) is 49.4 Å². The summed E-state index contributed by atoms with van der Waals surface area (Å²) in [7, 11) is 1.71. The predicted molar refractivity (Wildman–Crippen MR) is 119 cm³/mol. The molecule has 0 spiro atoms. The van der Waals surface area contributed by atoms with Crippen LogP contribution in [0.3, 0.4) is 0 Å². The normalized spacial score (nSPS) is 11.8. The first-order valence-corrected chi connectivity index (χ1v) is 11.1. The third-order valence-corrected chi connectivity index (χ3v) is 5.50. The number of hydrogen-bond acceptors (Lipinski definition) is 3. The Morgan fingerprint density at radius 2 is 1.82 bits per heavy atom. The number of rotatable bonds is 8. The molecule has 0 fully saturated rings. The molecule has 0 saturated carbocycles. The van der Waals surface area contributed by atoms with Gasteiger partial charge in [0.05, 0.1) is 10.6 Å². The highest BCUT2D eigenvalue weighted by molar-refractivity contribution is 7.98. The van der Waals surface area contributed by atoms with Crippen molar-refractivity contribution in [1.29, 1.82) is 0 Å². The third kappa shape index (κ3) is 6.59. The van der Waals surface area contributed by atoms with E-state index in [9.17, 15) is 9.59 Å². The Bertz CT molecular complexity index is 848. The molecule has 4 nitrogen and oxygen atoms in total. The van der Waals surface area contributed by atoms with Crippen LogP contribution in [-0.2, 0) is 11.3 Å². The highest BCUT2D eigenvalue weighted by Gasteiger charge is 2.25. The van der Waals surface area contributed by atoms with Gasteiger partial charge in [-0.2, -0.15) is 11.8 Å². The molecule has 1 atom stereocenters. The molecule has 1 N–H and O–H groups in total. The second kappa shape index (κ2) is 11.0. The van der Waals surface area contributed by atoms with E-state index in [1.54, 1.807) is 41.9 Å². The largest absolute Gasteiger partial charge is 0.340 e. The Balaban J connectivity index is 2.12. The second-order valence-electron chi connectivity index (χ2n) is 6.26. The number of carbonyl (C=O) groups excluding carboxylic acids is 2. The van der Waals surface area contributed by atoms with Crippen molar-refractivity contribution in [2.45, 2.75) is 19.0 Å². The van der Waals surface area contributed by atoms with E-state index in [1.807, 2.05) is 24.5 Å². The van der Waals surface area contributed by atoms with Crippen LogP contribution in [-0.4, -0.2) is 41.8 Å². The molecule has 2 aromatic rings. The molecule has 8 heteroatoms. The monoisotopic (exact) mass is 458 g/mol. The predicted octanol–water partition coefficient (Wildman–Crippen LogP) is 5.16. The van der Waals surface area contributed by atoms with E-state index in [-0.39, 0.29) is 16.5 Å². The summed E-state index contributed by atoms with van der Waals surface area (Å²) in [6.07, 6.45) is 2.46. The Labute approximate surface area is 184 Å². The van der Waals surface area contributed by atoms with Gasteiger partial charge in [0, 0.05) is 23.6 Å². The van der Waals surface area contributed by atoms with Crippen molar-refractivity contribution < 1.29 is 9.59 Å². The molecule has 0 bridgehead atoms. The maximum absolute atomic E-state index is 13.0. The Morgan fingerprint density at radius 1 is 1.11 bits per heavy atom. The molecule has 0 radical (unpaired) electrons. The van der Waals surface area contributed by atoms with Gasteiger partial charge in [-0.15, -0.1) is 0 Å². The van der Waals surface area contributed by atoms with Crippen molar-refractivity contribution in [2.24, 2.45) is 0 Å². The van der Waals surface area contributed by atoms with Crippen LogP contribution in [0.2, 0.25) is 15.1 Å². The van der Waals surface area contributed by atoms with Gasteiger partial charge < -0.3 is 10.2 Å². The fourth-order valence-electron chi connectivity index (χ4n) is 2.66. The number of nitrogens with one attached hydrogen (secondary N) is 1. The molecule has 2 aromatic carbocycles. The second-order valence-corrected chi connectivity index (χ2v) is 8.52. The quantitative estimate of drug-likeness (QED) is 0.593. The molecule has 2 rings (SSSR count). The fourth-order valence-corrected chi connectivity index (χ4v) is 3.83. The molecule has 28 heavy (non-hydrogen) atoms. The minimum absolute atomic E-state index is 0.174. The van der Waals surface area contributed by atoms with Gasteiger partial charge in [-0.05, 0) is 54.3 Å². The Hall–Kier alpha value is -1.40. The third-order valence-electron chi connectivity index (χ3n) is 4.07. The maximum atomic E-state index is 13.0. The van der Waals surface area contributed by atoms with Crippen LogP contribution in [0.5, 0.6) is 0 Å². The molecular weight excluding hydrogens is 439 g/mol. The van der Waals surface area contributed by atoms with Gasteiger partial charge in [-0.1, -0.05) is 46.9 Å². The van der Waals surface area contributed by atoms with E-state index >= 15 is 0 Å². The Kier molecular flexibility index (Phi) is 8.96. The molecule has 0 aliphatic rings. The number of benzene rings is 2. The number of halogens is 3. The smallest absolute Gasteiger partial charge is 0.253 e. The molecule has 0 aliphatic heterocycles. The van der Waals surface area contributed by atoms with E-state index in [1.165, 1.54) is 6.07 Å². The summed E-state index contributed by atoms with van der Waals surface area (Å²) in [5.74, 6) is 0.153. The summed E-state index contributed by atoms with van der Waals surface area (Å²) >= 11 is 19.6. The van der Waals surface area contributed by atoms with E-state index in [0.29, 0.717) is 23.0 Å². The molecule has 0 aliphatic carbocycles. The van der Waals surface area contributed by atoms with E-state index in [0.717, 1.165) is 11.3 Å². The molecule has 0 saturated heterocycles. The van der Waals surface area contributed by atoms with Crippen LogP contribution < -0.4 is 5.32 Å². The zero-order valence-corrected chi connectivity index (χ0v) is 18.6. The Morgan fingerprint density at radius 3 is 2.46 bits per heavy atom. The van der Waals surface area contributed by atoms with Gasteiger partial charge in [-0.25, -0.2) is 0 Å². The lowest BCUT2D eigenvalue weighted by Gasteiger charge is -2.25. The summed E-state index contributed by atoms with van der Waals surface area (Å²) in [4.78, 5) is 27.2. The highest BCUT2D eigenvalue weighted by Crippen LogP contribution is 2.21. The highest BCUT2D eigenvalue weighted by atomic mass is 35.5. The van der Waals surface area contributed by atoms with Crippen LogP contribution in [0.25, 0.3) is 0 Å². The molecular formula is C20H21Cl3N2O2S. The van der Waals surface area contributed by atoms with Gasteiger partial charge in [0.25, 0.3) is 5.91 Å². The van der Waals surface area contributed by atoms with Crippen LogP contribution >= 0.6 is 46.6 Å². The van der Waals surface area contributed by atoms with Crippen molar-refractivity contribution in [1.82, 2.24) is 10.2 Å². The van der Waals surface area contributed by atoms with Crippen molar-refractivity contribution in [3.8, 4) is 0 Å². The number of carbonyl (C=O) groups is 2. The van der Waals surface area contributed by atoms with Crippen LogP contribution in [0.15, 0.2) is 42.5 Å². The summed E-state index contributed by atoms with van der Waals surface area (Å²) in [5, 5.41) is 4.11. The van der Waals surface area contributed by atoms with Crippen LogP contribution in [0.4, 0.5) is 0 Å². The van der Waals surface area contributed by atoms with Crippen molar-refractivity contribution in [2.75, 3.05) is 19.1 Å². The van der Waals surface area contributed by atoms with Crippen LogP contribution in [0.1, 0.15) is 22.3 Å². The first-order chi connectivity index (χ1) is 13.3. The van der Waals surface area contributed by atoms with Gasteiger partial charge in [0.2, 0.25) is 5.91 Å². The molecule has 0 heterocycles. The minimum Gasteiger partial charge on any atom is -0.340 e. The van der Waals surface area contributed by atoms with E-state index in [2.05, 4.69) is 5.32 Å². The van der Waals surface area contributed by atoms with Crippen molar-refractivity contribution >= 4 is 58.4 Å². The average Bonchev–Trinajstić information content (AvgIpc) is 2.64. The van der Waals surface area contributed by atoms with Gasteiger partial charge in [-0.3, -0.25) is 9.59 Å². The first kappa shape index (κ1) is 22.9. The zero-order valence-electron chi connectivity index (χ0n) is 15.5. The maximum Gasteiger partial charge on any atom is 0.253 e. The zero-order chi connectivity index (χ0) is 20.7. The summed E-state index contributed by atoms with van der Waals surface area (Å²) in [5.41, 5.74) is 1.20. The van der Waals surface area contributed by atoms with Crippen molar-refractivity contribution in [3.05, 3.63) is 68.7 Å². The number of nitrogens with zero attached hydrogens (tertiary/aromatic N) is 1. The lowest BCUT2D eigenvalue weighted by Crippen LogP contribution is -2.47. The average molecular weight is 460 g/mol. The first-order valence-electron chi connectivity index (χ1n) is 8.56. The van der Waals surface area contributed by atoms with Gasteiger partial charge >= 0.3 is 0 Å². The summed E-state index contributed by atoms with van der Waals surface area (Å²) in [6.45, 7) is 0.396. The summed E-state index contributed by atoms with van der Waals surface area (Å²) < 4.78 is 0. The minimum atomic E-state index is -0.657. The fraction of sp³-hybridized carbons (Fsp3) is 0.300. The van der Waals surface area contributed by atoms with Gasteiger partial charge in [0.1, 0.15) is 6.04 Å². The number of hydrogen-bond donors (Lipinski definition) is 1. The molecule has 2 amide bonds. The molecule has 0 aromatic heterocycles. The lowest BCUT2D eigenvalue weighted by molar-refractivity contribution is -0.132. The van der Waals surface area contributed by atoms with E-state index in [4.69, 9.17) is 34.8 Å². The van der Waals surface area contributed by atoms with Crippen molar-refractivity contribution in [3.63, 3.8) is 0 Å². The summed E-state index contributed by atoms with van der Waals surface area (Å²) in [6, 6.07) is 11.3. The number of thioether (sulfide) groups is 1. The molecule has 150 valence electrons. The lowest BCUT2D eigenvalue weighted by atomic mass is 10.1. The van der Waals surface area contributed by atoms with E-state index < -0.39 is 11.9 Å². The van der Waals surface area contributed by atoms with Gasteiger partial charge in [0.15, 0.2) is 0 Å². The standard InChI is InChI=1S/C20H21Cl3N2O2S/c1-25(12-13-4-3-5-14(21)10-13)20(27)18(8-9-28-2)24-19(26)16-7-6-15(22)11-17(16)23/h3-7,10-11,18H,8-9,12H2,1-2H3,(H,24,26). The molecule has 1 unspecified atom stereocenters.